The van der Waals surface area contributed by atoms with E-state index in [0.29, 0.717) is 0 Å². The van der Waals surface area contributed by atoms with E-state index in [1.165, 1.54) is 44.5 Å². The quantitative estimate of drug-likeness (QED) is 0.163. The average molecular weight is 525 g/mol. The molecule has 0 bridgehead atoms. The van der Waals surface area contributed by atoms with Gasteiger partial charge in [0.15, 0.2) is 0 Å². The lowest BCUT2D eigenvalue weighted by Gasteiger charge is -2.08. The van der Waals surface area contributed by atoms with Gasteiger partial charge in [-0.3, -0.25) is 0 Å². The third-order valence-electron chi connectivity index (χ3n) is 7.84. The van der Waals surface area contributed by atoms with Crippen LogP contribution in [0.4, 0.5) is 11.4 Å². The van der Waals surface area contributed by atoms with Gasteiger partial charge in [0.1, 0.15) is 0 Å². The lowest BCUT2D eigenvalue weighted by atomic mass is 9.98. The van der Waals surface area contributed by atoms with E-state index in [-0.39, 0.29) is 0 Å². The predicted molar refractivity (Wildman–Crippen MR) is 171 cm³/mol. The maximum Gasteiger partial charge on any atom is 0.0314 e. The summed E-state index contributed by atoms with van der Waals surface area (Å²) in [7, 11) is 0. The molecular formula is C38H40N2. The predicted octanol–water partition coefficient (Wildman–Crippen LogP) is 7.99. The normalized spacial score (nSPS) is 11.0. The molecule has 5 rings (SSSR count). The van der Waals surface area contributed by atoms with Gasteiger partial charge in [-0.2, -0.15) is 0 Å². The lowest BCUT2D eigenvalue weighted by molar-refractivity contribution is 0.928. The first-order chi connectivity index (χ1) is 19.6. The molecule has 0 amide bonds. The summed E-state index contributed by atoms with van der Waals surface area (Å²) in [6.45, 7) is 0. The van der Waals surface area contributed by atoms with Gasteiger partial charge in [0, 0.05) is 11.4 Å². The maximum absolute atomic E-state index is 5.79. The van der Waals surface area contributed by atoms with E-state index in [9.17, 15) is 0 Å². The topological polar surface area (TPSA) is 52.0 Å². The van der Waals surface area contributed by atoms with Crippen molar-refractivity contribution in [3.63, 3.8) is 0 Å². The van der Waals surface area contributed by atoms with Gasteiger partial charge in [-0.1, -0.05) is 97.1 Å². The summed E-state index contributed by atoms with van der Waals surface area (Å²) in [5.41, 5.74) is 24.3. The summed E-state index contributed by atoms with van der Waals surface area (Å²) >= 11 is 0. The lowest BCUT2D eigenvalue weighted by Crippen LogP contribution is -1.96. The van der Waals surface area contributed by atoms with Gasteiger partial charge in [-0.25, -0.2) is 0 Å². The summed E-state index contributed by atoms with van der Waals surface area (Å²) < 4.78 is 0. The second-order valence-corrected chi connectivity index (χ2v) is 10.9. The van der Waals surface area contributed by atoms with Crippen LogP contribution in [0.1, 0.15) is 44.5 Å². The monoisotopic (exact) mass is 524 g/mol. The van der Waals surface area contributed by atoms with E-state index in [0.717, 1.165) is 62.7 Å². The highest BCUT2D eigenvalue weighted by atomic mass is 14.5. The first-order valence-electron chi connectivity index (χ1n) is 14.5. The molecule has 0 saturated heterocycles. The number of rotatable bonds is 12. The summed E-state index contributed by atoms with van der Waals surface area (Å²) in [4.78, 5) is 0. The summed E-state index contributed by atoms with van der Waals surface area (Å²) in [5.74, 6) is 0. The molecule has 2 nitrogen and oxygen atoms in total. The molecule has 0 unspecified atom stereocenters. The Balaban J connectivity index is 1.03. The molecule has 0 aromatic heterocycles. The molecule has 2 heteroatoms. The zero-order chi connectivity index (χ0) is 27.6. The molecule has 40 heavy (non-hydrogen) atoms. The molecule has 0 aliphatic carbocycles. The number of nitrogen functional groups attached to an aromatic ring is 2. The fourth-order valence-corrected chi connectivity index (χ4v) is 5.14. The van der Waals surface area contributed by atoms with Crippen molar-refractivity contribution < 1.29 is 0 Å². The molecular weight excluding hydrogens is 484 g/mol. The van der Waals surface area contributed by atoms with Crippen molar-refractivity contribution in [2.45, 2.75) is 51.4 Å². The van der Waals surface area contributed by atoms with Gasteiger partial charge in [0.2, 0.25) is 0 Å². The Morgan fingerprint density at radius 3 is 0.500 bits per heavy atom. The second-order valence-electron chi connectivity index (χ2n) is 10.9. The minimum Gasteiger partial charge on any atom is -0.399 e. The zero-order valence-corrected chi connectivity index (χ0v) is 23.4. The molecule has 0 fully saturated rings. The number of hydrogen-bond donors (Lipinski definition) is 2. The first kappa shape index (κ1) is 27.3. The van der Waals surface area contributed by atoms with Gasteiger partial charge >= 0.3 is 0 Å². The molecule has 202 valence electrons. The Bertz CT molecular complexity index is 1330. The summed E-state index contributed by atoms with van der Waals surface area (Å²) in [6, 6.07) is 43.9. The Kier molecular flexibility index (Phi) is 9.32. The number of benzene rings is 5. The van der Waals surface area contributed by atoms with E-state index < -0.39 is 0 Å². The van der Waals surface area contributed by atoms with Crippen molar-refractivity contribution in [1.82, 2.24) is 0 Å². The Morgan fingerprint density at radius 1 is 0.225 bits per heavy atom. The highest BCUT2D eigenvalue weighted by molar-refractivity contribution is 5.40. The van der Waals surface area contributed by atoms with E-state index in [1.54, 1.807) is 0 Å². The highest BCUT2D eigenvalue weighted by Crippen LogP contribution is 2.16. The van der Waals surface area contributed by atoms with Crippen LogP contribution in [0.2, 0.25) is 0 Å². The molecule has 4 N–H and O–H groups in total. The van der Waals surface area contributed by atoms with Crippen molar-refractivity contribution >= 4 is 11.4 Å². The summed E-state index contributed by atoms with van der Waals surface area (Å²) in [5, 5.41) is 0. The van der Waals surface area contributed by atoms with Crippen LogP contribution in [0.25, 0.3) is 0 Å². The van der Waals surface area contributed by atoms with Crippen LogP contribution in [0.5, 0.6) is 0 Å². The molecule has 0 heterocycles. The fraction of sp³-hybridized carbons (Fsp3) is 0.211. The third kappa shape index (κ3) is 8.35. The van der Waals surface area contributed by atoms with Crippen LogP contribution in [-0.2, 0) is 51.4 Å². The van der Waals surface area contributed by atoms with Crippen LogP contribution in [0, 0.1) is 0 Å². The summed E-state index contributed by atoms with van der Waals surface area (Å²) in [6.07, 6.45) is 8.49. The molecule has 5 aromatic carbocycles. The minimum atomic E-state index is 0.825. The number of nitrogens with two attached hydrogens (primary N) is 2. The Hall–Kier alpha value is -4.30. The standard InChI is InChI=1S/C38H40N2/c39-37-25-21-35(22-26-37)19-17-33-13-9-31(10-14-33)7-5-29-1-2-30(4-3-29)6-8-32-11-15-34(16-12-32)18-20-36-23-27-38(40)28-24-36/h1-4,9-16,21-28H,5-8,17-20,39-40H2. The first-order valence-corrected chi connectivity index (χ1v) is 14.5. The number of anilines is 2. The SMILES string of the molecule is Nc1ccc(CCc2ccc(CCc3ccc(CCc4ccc(CCc5ccc(N)cc5)cc4)cc3)cc2)cc1. The molecule has 0 aliphatic rings. The third-order valence-corrected chi connectivity index (χ3v) is 7.84. The van der Waals surface area contributed by atoms with Gasteiger partial charge in [0.05, 0.1) is 0 Å². The van der Waals surface area contributed by atoms with Crippen LogP contribution in [0.3, 0.4) is 0 Å². The van der Waals surface area contributed by atoms with E-state index in [4.69, 9.17) is 11.5 Å². The van der Waals surface area contributed by atoms with Gasteiger partial charge in [-0.15, -0.1) is 0 Å². The largest absolute Gasteiger partial charge is 0.399 e. The van der Waals surface area contributed by atoms with Gasteiger partial charge in [0.25, 0.3) is 0 Å². The maximum atomic E-state index is 5.79. The van der Waals surface area contributed by atoms with Crippen molar-refractivity contribution in [3.05, 3.63) is 166 Å². The van der Waals surface area contributed by atoms with Crippen molar-refractivity contribution in [2.75, 3.05) is 11.5 Å². The second kappa shape index (κ2) is 13.7. The molecule has 5 aromatic rings. The van der Waals surface area contributed by atoms with Crippen molar-refractivity contribution in [3.8, 4) is 0 Å². The Labute approximate surface area is 239 Å². The fourth-order valence-electron chi connectivity index (χ4n) is 5.14. The molecule has 0 radical (unpaired) electrons. The smallest absolute Gasteiger partial charge is 0.0314 e. The zero-order valence-electron chi connectivity index (χ0n) is 23.4. The van der Waals surface area contributed by atoms with E-state index >= 15 is 0 Å². The minimum absolute atomic E-state index is 0.825. The van der Waals surface area contributed by atoms with Crippen LogP contribution in [0.15, 0.2) is 121 Å². The van der Waals surface area contributed by atoms with Crippen LogP contribution >= 0.6 is 0 Å². The van der Waals surface area contributed by atoms with Crippen molar-refractivity contribution in [2.24, 2.45) is 0 Å². The molecule has 0 spiro atoms. The van der Waals surface area contributed by atoms with Crippen molar-refractivity contribution in [1.29, 1.82) is 0 Å². The molecule has 0 saturated carbocycles. The van der Waals surface area contributed by atoms with Crippen LogP contribution in [-0.4, -0.2) is 0 Å². The van der Waals surface area contributed by atoms with Crippen LogP contribution < -0.4 is 11.5 Å². The molecule has 0 atom stereocenters. The molecule has 0 aliphatic heterocycles. The number of hydrogen-bond acceptors (Lipinski definition) is 2. The highest BCUT2D eigenvalue weighted by Gasteiger charge is 2.02. The Morgan fingerprint density at radius 2 is 0.350 bits per heavy atom. The van der Waals surface area contributed by atoms with Gasteiger partial charge in [-0.05, 0) is 120 Å². The average Bonchev–Trinajstić information content (AvgIpc) is 3.00. The van der Waals surface area contributed by atoms with Gasteiger partial charge < -0.3 is 11.5 Å². The van der Waals surface area contributed by atoms with E-state index in [2.05, 4.69) is 97.1 Å². The number of aryl methyl sites for hydroxylation is 8. The van der Waals surface area contributed by atoms with E-state index in [1.807, 2.05) is 24.3 Å².